The molecule has 1 aliphatic heterocycles. The smallest absolute Gasteiger partial charge is 0.234 e. The molecule has 1 fully saturated rings. The highest BCUT2D eigenvalue weighted by atomic mass is 16.3. The lowest BCUT2D eigenvalue weighted by atomic mass is 10.1. The summed E-state index contributed by atoms with van der Waals surface area (Å²) in [4.78, 5) is 21.9. The Kier molecular flexibility index (Phi) is 3.47. The van der Waals surface area contributed by atoms with E-state index in [0.29, 0.717) is 0 Å². The van der Waals surface area contributed by atoms with E-state index < -0.39 is 0 Å². The number of amides is 1. The fourth-order valence-corrected chi connectivity index (χ4v) is 2.79. The van der Waals surface area contributed by atoms with E-state index >= 15 is 0 Å². The molecule has 104 valence electrons. The van der Waals surface area contributed by atoms with Crippen LogP contribution in [0.1, 0.15) is 30.3 Å². The average molecular weight is 272 g/mol. The van der Waals surface area contributed by atoms with Crippen LogP contribution in [0, 0.1) is 0 Å². The van der Waals surface area contributed by atoms with Crippen LogP contribution in [0.25, 0.3) is 0 Å². The van der Waals surface area contributed by atoms with Crippen LogP contribution in [0.3, 0.4) is 0 Å². The number of aromatic nitrogens is 2. The van der Waals surface area contributed by atoms with Crippen molar-refractivity contribution in [1.82, 2.24) is 14.9 Å². The molecule has 2 aromatic rings. The number of furan rings is 1. The third kappa shape index (κ3) is 2.30. The zero-order valence-electron chi connectivity index (χ0n) is 11.0. The van der Waals surface area contributed by atoms with Crippen molar-refractivity contribution >= 4 is 5.91 Å². The van der Waals surface area contributed by atoms with E-state index in [4.69, 9.17) is 10.2 Å². The maximum atomic E-state index is 11.6. The van der Waals surface area contributed by atoms with Gasteiger partial charge in [0.05, 0.1) is 18.0 Å². The molecule has 3 rings (SSSR count). The molecule has 2 unspecified atom stereocenters. The van der Waals surface area contributed by atoms with Crippen molar-refractivity contribution in [3.05, 3.63) is 48.4 Å². The second-order valence-electron chi connectivity index (χ2n) is 4.85. The van der Waals surface area contributed by atoms with E-state index in [9.17, 15) is 4.79 Å². The Morgan fingerprint density at radius 2 is 2.40 bits per heavy atom. The number of carbonyl (C=O) groups excluding carboxylic acids is 1. The van der Waals surface area contributed by atoms with Crippen molar-refractivity contribution < 1.29 is 9.21 Å². The summed E-state index contributed by atoms with van der Waals surface area (Å²) in [7, 11) is 0. The molecule has 0 spiro atoms. The summed E-state index contributed by atoms with van der Waals surface area (Å²) in [6.45, 7) is 0.795. The number of primary amides is 1. The molecule has 0 radical (unpaired) electrons. The van der Waals surface area contributed by atoms with Crippen molar-refractivity contribution in [3.8, 4) is 0 Å². The summed E-state index contributed by atoms with van der Waals surface area (Å²) in [6.07, 6.45) is 6.53. The first-order valence-corrected chi connectivity index (χ1v) is 6.62. The highest BCUT2D eigenvalue weighted by molar-refractivity contribution is 5.80. The summed E-state index contributed by atoms with van der Waals surface area (Å²) < 4.78 is 5.54. The maximum Gasteiger partial charge on any atom is 0.234 e. The van der Waals surface area contributed by atoms with Crippen LogP contribution in [0.5, 0.6) is 0 Å². The quantitative estimate of drug-likeness (QED) is 0.901. The number of hydrogen-bond acceptors (Lipinski definition) is 5. The van der Waals surface area contributed by atoms with Crippen LogP contribution in [0.2, 0.25) is 0 Å². The van der Waals surface area contributed by atoms with E-state index in [1.54, 1.807) is 12.5 Å². The number of nitrogens with two attached hydrogens (primary N) is 1. The van der Waals surface area contributed by atoms with Gasteiger partial charge in [-0.25, -0.2) is 9.97 Å². The van der Waals surface area contributed by atoms with Gasteiger partial charge in [0.15, 0.2) is 0 Å². The molecule has 2 N–H and O–H groups in total. The van der Waals surface area contributed by atoms with Gasteiger partial charge in [-0.05, 0) is 31.0 Å². The molecule has 6 heteroatoms. The van der Waals surface area contributed by atoms with Crippen LogP contribution in [-0.4, -0.2) is 33.4 Å². The molecule has 0 aliphatic carbocycles. The highest BCUT2D eigenvalue weighted by Gasteiger charge is 2.37. The second-order valence-corrected chi connectivity index (χ2v) is 4.85. The summed E-state index contributed by atoms with van der Waals surface area (Å²) in [5, 5.41) is 0. The van der Waals surface area contributed by atoms with Gasteiger partial charge in [-0.1, -0.05) is 0 Å². The monoisotopic (exact) mass is 272 g/mol. The van der Waals surface area contributed by atoms with E-state index in [1.165, 1.54) is 6.33 Å². The fraction of sp³-hybridized carbons (Fsp3) is 0.357. The first-order chi connectivity index (χ1) is 9.77. The Labute approximate surface area is 116 Å². The van der Waals surface area contributed by atoms with Crippen LogP contribution >= 0.6 is 0 Å². The molecule has 0 saturated carbocycles. The summed E-state index contributed by atoms with van der Waals surface area (Å²) >= 11 is 0. The summed E-state index contributed by atoms with van der Waals surface area (Å²) in [5.74, 6) is 0.463. The number of likely N-dealkylation sites (tertiary alicyclic amines) is 1. The number of rotatable bonds is 4. The minimum Gasteiger partial charge on any atom is -0.467 e. The van der Waals surface area contributed by atoms with Crippen LogP contribution in [-0.2, 0) is 4.79 Å². The Morgan fingerprint density at radius 1 is 1.50 bits per heavy atom. The van der Waals surface area contributed by atoms with E-state index in [-0.39, 0.29) is 18.0 Å². The Hall–Kier alpha value is -2.21. The van der Waals surface area contributed by atoms with Crippen LogP contribution < -0.4 is 5.73 Å². The van der Waals surface area contributed by atoms with Gasteiger partial charge < -0.3 is 10.2 Å². The molecule has 1 saturated heterocycles. The minimum absolute atomic E-state index is 0.201. The molecule has 3 heterocycles. The maximum absolute atomic E-state index is 11.6. The standard InChI is InChI=1S/C14H16N4O2/c15-14(19)11-3-1-7-18(11)13(12-4-2-8-20-12)10-5-6-16-9-17-10/h2,4-6,8-9,11,13H,1,3,7H2,(H2,15,19). The lowest BCUT2D eigenvalue weighted by Gasteiger charge is -2.29. The molecule has 6 nitrogen and oxygen atoms in total. The fourth-order valence-electron chi connectivity index (χ4n) is 2.79. The topological polar surface area (TPSA) is 85.3 Å². The van der Waals surface area contributed by atoms with Gasteiger partial charge in [0.2, 0.25) is 5.91 Å². The van der Waals surface area contributed by atoms with Crippen molar-refractivity contribution in [2.24, 2.45) is 5.73 Å². The lowest BCUT2D eigenvalue weighted by molar-refractivity contribution is -0.122. The molecule has 2 atom stereocenters. The molecule has 1 amide bonds. The van der Waals surface area contributed by atoms with Crippen molar-refractivity contribution in [3.63, 3.8) is 0 Å². The molecular formula is C14H16N4O2. The van der Waals surface area contributed by atoms with Crippen molar-refractivity contribution in [2.75, 3.05) is 6.54 Å². The zero-order valence-corrected chi connectivity index (χ0v) is 11.0. The largest absolute Gasteiger partial charge is 0.467 e. The number of hydrogen-bond donors (Lipinski definition) is 1. The normalized spacial score (nSPS) is 20.9. The Balaban J connectivity index is 2.00. The van der Waals surface area contributed by atoms with Crippen molar-refractivity contribution in [1.29, 1.82) is 0 Å². The van der Waals surface area contributed by atoms with Crippen LogP contribution in [0.4, 0.5) is 0 Å². The van der Waals surface area contributed by atoms with Gasteiger partial charge in [0.25, 0.3) is 0 Å². The van der Waals surface area contributed by atoms with E-state index in [1.807, 2.05) is 18.2 Å². The van der Waals surface area contributed by atoms with Crippen LogP contribution in [0.15, 0.2) is 41.4 Å². The first-order valence-electron chi connectivity index (χ1n) is 6.62. The molecule has 0 aromatic carbocycles. The third-order valence-corrected chi connectivity index (χ3v) is 3.65. The van der Waals surface area contributed by atoms with Crippen molar-refractivity contribution in [2.45, 2.75) is 24.9 Å². The van der Waals surface area contributed by atoms with Gasteiger partial charge in [0, 0.05) is 12.7 Å². The number of carbonyl (C=O) groups is 1. The molecule has 2 aromatic heterocycles. The third-order valence-electron chi connectivity index (χ3n) is 3.65. The Bertz CT molecular complexity index is 570. The van der Waals surface area contributed by atoms with E-state index in [0.717, 1.165) is 30.8 Å². The second kappa shape index (κ2) is 5.42. The van der Waals surface area contributed by atoms with E-state index in [2.05, 4.69) is 14.9 Å². The number of nitrogens with zero attached hydrogens (tertiary/aromatic N) is 3. The van der Waals surface area contributed by atoms with Gasteiger partial charge >= 0.3 is 0 Å². The highest BCUT2D eigenvalue weighted by Crippen LogP contribution is 2.33. The molecule has 0 bridgehead atoms. The van der Waals surface area contributed by atoms with Gasteiger partial charge in [-0.3, -0.25) is 9.69 Å². The minimum atomic E-state index is -0.298. The predicted octanol–water partition coefficient (Wildman–Crippen LogP) is 1.11. The first kappa shape index (κ1) is 12.8. The molecule has 20 heavy (non-hydrogen) atoms. The summed E-state index contributed by atoms with van der Waals surface area (Å²) in [6, 6.07) is 5.08. The lowest BCUT2D eigenvalue weighted by Crippen LogP contribution is -2.42. The average Bonchev–Trinajstić information content (AvgIpc) is 3.12. The summed E-state index contributed by atoms with van der Waals surface area (Å²) in [5.41, 5.74) is 6.32. The SMILES string of the molecule is NC(=O)C1CCCN1C(c1ccncn1)c1ccco1. The Morgan fingerprint density at radius 3 is 3.05 bits per heavy atom. The van der Waals surface area contributed by atoms with Gasteiger partial charge in [-0.15, -0.1) is 0 Å². The van der Waals surface area contributed by atoms with Gasteiger partial charge in [-0.2, -0.15) is 0 Å². The molecule has 1 aliphatic rings. The van der Waals surface area contributed by atoms with Gasteiger partial charge in [0.1, 0.15) is 18.1 Å². The predicted molar refractivity (Wildman–Crippen MR) is 71.5 cm³/mol. The molecular weight excluding hydrogens is 256 g/mol. The zero-order chi connectivity index (χ0) is 13.9.